The molecule has 19 atom stereocenters. The molecule has 0 bridgehead atoms. The van der Waals surface area contributed by atoms with Gasteiger partial charge in [-0.25, -0.2) is 4.79 Å². The van der Waals surface area contributed by atoms with Crippen LogP contribution < -0.4 is 5.32 Å². The van der Waals surface area contributed by atoms with Crippen LogP contribution in [0.5, 0.6) is 0 Å². The van der Waals surface area contributed by atoms with E-state index in [1.165, 1.54) is 0 Å². The predicted octanol–water partition coefficient (Wildman–Crippen LogP) is 8.35. The zero-order valence-electron chi connectivity index (χ0n) is 38.7. The lowest BCUT2D eigenvalue weighted by Gasteiger charge is -2.50. The number of ketones is 1. The summed E-state index contributed by atoms with van der Waals surface area (Å²) in [6, 6.07) is 0. The molecule has 0 aromatic rings. The van der Waals surface area contributed by atoms with Gasteiger partial charge < -0.3 is 48.3 Å². The average molecular weight is 886 g/mol. The molecular weight excluding hydrogens is 807 g/mol. The highest BCUT2D eigenvalue weighted by Gasteiger charge is 2.65. The summed E-state index contributed by atoms with van der Waals surface area (Å²) in [5, 5.41) is 14.5. The van der Waals surface area contributed by atoms with Crippen LogP contribution in [0.3, 0.4) is 0 Å². The maximum absolute atomic E-state index is 12.5. The van der Waals surface area contributed by atoms with Crippen LogP contribution in [0, 0.1) is 41.4 Å². The van der Waals surface area contributed by atoms with E-state index in [9.17, 15) is 14.7 Å². The van der Waals surface area contributed by atoms with Gasteiger partial charge in [0.25, 0.3) is 0 Å². The Labute approximate surface area is 368 Å². The Balaban J connectivity index is 1.08. The van der Waals surface area contributed by atoms with Crippen LogP contribution in [0.25, 0.3) is 0 Å². The Bertz CT molecular complexity index is 1460. The molecule has 0 aromatic heterocycles. The minimum atomic E-state index is -1.61. The first-order valence-electron chi connectivity index (χ1n) is 23.2. The molecule has 0 aromatic carbocycles. The van der Waals surface area contributed by atoms with E-state index in [2.05, 4.69) is 60.7 Å². The van der Waals surface area contributed by atoms with Crippen molar-refractivity contribution in [3.8, 4) is 0 Å². The Hall–Kier alpha value is -0.680. The third-order valence-corrected chi connectivity index (χ3v) is 18.0. The van der Waals surface area contributed by atoms with Crippen LogP contribution in [-0.4, -0.2) is 120 Å². The molecule has 60 heavy (non-hydrogen) atoms. The molecule has 6 aliphatic rings. The number of hydrogen-bond acceptors (Lipinski definition) is 13. The number of carbonyl (C=O) groups excluding carboxylic acids is 2. The molecule has 0 radical (unpaired) electrons. The van der Waals surface area contributed by atoms with E-state index in [-0.39, 0.29) is 96.7 Å². The number of hydrogen-bond donors (Lipinski definition) is 2. The number of nitrogens with one attached hydrogen (secondary N) is 1. The SMILES string of the molecule is CCSSCCNC(=O)OC[C@]1(O)O[C@@H]([C@H]2C[C@H](C)[C@H]([C@]3(C)CCC([C@@]4(C)C[C@@H](C)[C@@]5(O[C@H](C[C@H]6CC[C@H](C)C([C@@H](C)C(C)=O)O6)C[C@@H](OC)[C@H]5C)O4)O3)O2)[C@@H](C)C[C@H]1C. The molecule has 2 unspecified atom stereocenters. The minimum absolute atomic E-state index is 0.00699. The van der Waals surface area contributed by atoms with Gasteiger partial charge in [0.2, 0.25) is 5.79 Å². The predicted molar refractivity (Wildman–Crippen MR) is 235 cm³/mol. The van der Waals surface area contributed by atoms with Crippen molar-refractivity contribution in [3.05, 3.63) is 0 Å². The van der Waals surface area contributed by atoms with Crippen molar-refractivity contribution in [2.75, 3.05) is 31.8 Å². The number of alkyl carbamates (subject to hydrolysis) is 1. The lowest BCUT2D eigenvalue weighted by Crippen LogP contribution is -2.58. The minimum Gasteiger partial charge on any atom is -0.444 e. The number of rotatable bonds is 15. The summed E-state index contributed by atoms with van der Waals surface area (Å²) < 4.78 is 53.4. The van der Waals surface area contributed by atoms with Crippen molar-refractivity contribution < 1.29 is 52.6 Å². The second kappa shape index (κ2) is 19.8. The van der Waals surface area contributed by atoms with E-state index in [1.54, 1.807) is 35.6 Å². The fourth-order valence-corrected chi connectivity index (χ4v) is 13.5. The second-order valence-electron chi connectivity index (χ2n) is 20.2. The number of amides is 1. The lowest BCUT2D eigenvalue weighted by molar-refractivity contribution is -0.353. The molecule has 0 aliphatic carbocycles. The highest BCUT2D eigenvalue weighted by Crippen LogP contribution is 2.57. The van der Waals surface area contributed by atoms with E-state index in [0.717, 1.165) is 69.3 Å². The summed E-state index contributed by atoms with van der Waals surface area (Å²) in [7, 11) is 5.25. The molecule has 6 aliphatic heterocycles. The molecule has 1 amide bonds. The van der Waals surface area contributed by atoms with Gasteiger partial charge in [0.15, 0.2) is 5.79 Å². The van der Waals surface area contributed by atoms with Gasteiger partial charge in [-0.2, -0.15) is 0 Å². The monoisotopic (exact) mass is 886 g/mol. The molecule has 2 N–H and O–H groups in total. The van der Waals surface area contributed by atoms with Gasteiger partial charge in [-0.1, -0.05) is 77.0 Å². The first kappa shape index (κ1) is 48.8. The summed E-state index contributed by atoms with van der Waals surface area (Å²) in [6.45, 7) is 23.4. The highest BCUT2D eigenvalue weighted by atomic mass is 33.1. The largest absolute Gasteiger partial charge is 0.444 e. The normalized spacial score (nSPS) is 47.7. The van der Waals surface area contributed by atoms with E-state index >= 15 is 0 Å². The van der Waals surface area contributed by atoms with Gasteiger partial charge in [-0.05, 0) is 83.5 Å². The van der Waals surface area contributed by atoms with Crippen LogP contribution in [0.4, 0.5) is 4.79 Å². The van der Waals surface area contributed by atoms with Crippen molar-refractivity contribution >= 4 is 33.5 Å². The van der Waals surface area contributed by atoms with Crippen molar-refractivity contribution in [2.24, 2.45) is 41.4 Å². The molecule has 6 rings (SSSR count). The molecule has 6 heterocycles. The fraction of sp³-hybridized carbons (Fsp3) is 0.957. The smallest absolute Gasteiger partial charge is 0.407 e. The molecule has 6 fully saturated rings. The number of Topliss-reactive ketones (excluding diaryl/α,β-unsaturated/α-hetero) is 1. The molecule has 14 heteroatoms. The average Bonchev–Trinajstić information content (AvgIpc) is 3.88. The van der Waals surface area contributed by atoms with Crippen LogP contribution in [0.15, 0.2) is 0 Å². The third kappa shape index (κ3) is 10.2. The zero-order valence-corrected chi connectivity index (χ0v) is 40.3. The molecule has 346 valence electrons. The van der Waals surface area contributed by atoms with E-state index in [0.29, 0.717) is 12.5 Å². The van der Waals surface area contributed by atoms with Crippen LogP contribution in [0.2, 0.25) is 0 Å². The summed E-state index contributed by atoms with van der Waals surface area (Å²) >= 11 is 0. The standard InChI is InChI=1S/C46H79NO11S2/c1-13-59-60-19-18-47-42(49)52-25-45(50)29(5)20-27(3)40(57-45)37-21-28(4)41(54-37)43(10)17-16-38(56-43)44(11)24-30(6)46(58-44)32(8)36(51-12)23-35(55-46)22-34-15-14-26(2)39(53-34)31(7)33(9)48/h26-32,34-41,50H,13-25H2,1-12H3,(H,47,49)/t26-,27-,28-,29+,30+,31-,32+,34+,35+,36+,37+,38?,39?,40+,41+,43-,44+,45-,46+/m0/s1. The van der Waals surface area contributed by atoms with E-state index < -0.39 is 28.9 Å². The van der Waals surface area contributed by atoms with E-state index in [1.807, 2.05) is 13.8 Å². The second-order valence-corrected chi connectivity index (χ2v) is 23.1. The van der Waals surface area contributed by atoms with Crippen LogP contribution >= 0.6 is 21.6 Å². The van der Waals surface area contributed by atoms with Gasteiger partial charge in [0.05, 0.1) is 60.0 Å². The van der Waals surface area contributed by atoms with Crippen LogP contribution in [-0.2, 0) is 42.7 Å². The van der Waals surface area contributed by atoms with Crippen LogP contribution in [0.1, 0.15) is 134 Å². The maximum atomic E-state index is 12.5. The highest BCUT2D eigenvalue weighted by molar-refractivity contribution is 8.76. The Morgan fingerprint density at radius 2 is 1.63 bits per heavy atom. The van der Waals surface area contributed by atoms with Gasteiger partial charge in [0.1, 0.15) is 12.4 Å². The molecule has 0 saturated carbocycles. The number of methoxy groups -OCH3 is 1. The molecule has 12 nitrogen and oxygen atoms in total. The summed E-state index contributed by atoms with van der Waals surface area (Å²) in [5.41, 5.74) is -1.13. The van der Waals surface area contributed by atoms with Crippen molar-refractivity contribution in [3.63, 3.8) is 0 Å². The quantitative estimate of drug-likeness (QED) is 0.120. The summed E-state index contributed by atoms with van der Waals surface area (Å²) in [5.74, 6) is -0.0448. The number of ether oxygens (including phenoxy) is 8. The Morgan fingerprint density at radius 1 is 0.883 bits per heavy atom. The Kier molecular flexibility index (Phi) is 16.1. The first-order valence-corrected chi connectivity index (χ1v) is 25.7. The van der Waals surface area contributed by atoms with Crippen molar-refractivity contribution in [1.82, 2.24) is 5.32 Å². The fourth-order valence-electron chi connectivity index (χ4n) is 11.9. The van der Waals surface area contributed by atoms with Gasteiger partial charge >= 0.3 is 6.09 Å². The topological polar surface area (TPSA) is 140 Å². The van der Waals surface area contributed by atoms with Crippen molar-refractivity contribution in [1.29, 1.82) is 0 Å². The summed E-state index contributed by atoms with van der Waals surface area (Å²) in [4.78, 5) is 24.8. The zero-order chi connectivity index (χ0) is 43.8. The first-order chi connectivity index (χ1) is 28.3. The molecule has 1 spiro atoms. The van der Waals surface area contributed by atoms with Crippen molar-refractivity contribution in [2.45, 2.75) is 206 Å². The van der Waals surface area contributed by atoms with E-state index in [4.69, 9.17) is 37.9 Å². The third-order valence-electron chi connectivity index (χ3n) is 15.5. The summed E-state index contributed by atoms with van der Waals surface area (Å²) in [6.07, 6.45) is 5.78. The number of aliphatic hydroxyl groups is 1. The molecule has 6 saturated heterocycles. The Morgan fingerprint density at radius 3 is 2.33 bits per heavy atom. The maximum Gasteiger partial charge on any atom is 0.407 e. The van der Waals surface area contributed by atoms with Gasteiger partial charge in [-0.15, -0.1) is 0 Å². The molecular formula is C46H79NO11S2. The lowest BCUT2D eigenvalue weighted by atomic mass is 9.78. The van der Waals surface area contributed by atoms with Gasteiger partial charge in [-0.3, -0.25) is 4.79 Å². The van der Waals surface area contributed by atoms with Gasteiger partial charge in [0, 0.05) is 61.7 Å². The number of carbonyl (C=O) groups is 2.